The molecule has 33 heavy (non-hydrogen) atoms. The monoisotopic (exact) mass is 456 g/mol. The van der Waals surface area contributed by atoms with Crippen LogP contribution in [0.25, 0.3) is 0 Å². The normalized spacial score (nSPS) is 13.6. The summed E-state index contributed by atoms with van der Waals surface area (Å²) < 4.78 is 45.0. The first-order valence-corrected chi connectivity index (χ1v) is 10.6. The fourth-order valence-corrected chi connectivity index (χ4v) is 3.31. The van der Waals surface area contributed by atoms with E-state index < -0.39 is 35.4 Å². The van der Waals surface area contributed by atoms with Crippen molar-refractivity contribution in [3.63, 3.8) is 0 Å². The van der Waals surface area contributed by atoms with Crippen molar-refractivity contribution < 1.29 is 22.7 Å². The van der Waals surface area contributed by atoms with Crippen LogP contribution in [-0.2, 0) is 15.7 Å². The number of hydrogen-bond acceptors (Lipinski definition) is 4. The number of alkyl halides is 3. The quantitative estimate of drug-likeness (QED) is 0.389. The van der Waals surface area contributed by atoms with Gasteiger partial charge in [0.15, 0.2) is 0 Å². The standard InChI is InChI=1S/C26H27F3N2O2/c1-25(2,3)33-24(32)23(31-21-12-8-5-9-13-21)22(30-20-10-6-4-7-11-20)18-14-16-19(17-15-18)26(27,28)29/h4-17,22-23,30-31H,1-3H3/t22-,23-/m0/s1. The van der Waals surface area contributed by atoms with Gasteiger partial charge in [-0.3, -0.25) is 0 Å². The number of nitrogens with one attached hydrogen (secondary N) is 2. The molecule has 0 heterocycles. The molecule has 0 bridgehead atoms. The molecule has 3 aromatic carbocycles. The first-order valence-electron chi connectivity index (χ1n) is 10.6. The summed E-state index contributed by atoms with van der Waals surface area (Å²) in [6.45, 7) is 5.30. The maximum absolute atomic E-state index is 13.3. The highest BCUT2D eigenvalue weighted by Gasteiger charge is 2.35. The lowest BCUT2D eigenvalue weighted by atomic mass is 9.96. The molecular weight excluding hydrogens is 429 g/mol. The lowest BCUT2D eigenvalue weighted by Gasteiger charge is -2.32. The van der Waals surface area contributed by atoms with Crippen LogP contribution in [0.2, 0.25) is 0 Å². The Hall–Kier alpha value is -3.48. The molecule has 0 aromatic heterocycles. The summed E-state index contributed by atoms with van der Waals surface area (Å²) in [5.41, 5.74) is 0.400. The molecule has 0 spiro atoms. The molecule has 0 aliphatic heterocycles. The predicted octanol–water partition coefficient (Wildman–Crippen LogP) is 6.68. The van der Waals surface area contributed by atoms with Gasteiger partial charge in [0, 0.05) is 11.4 Å². The summed E-state index contributed by atoms with van der Waals surface area (Å²) >= 11 is 0. The average molecular weight is 457 g/mol. The Balaban J connectivity index is 2.04. The highest BCUT2D eigenvalue weighted by molar-refractivity contribution is 5.82. The number of carbonyl (C=O) groups excluding carboxylic acids is 1. The van der Waals surface area contributed by atoms with Gasteiger partial charge >= 0.3 is 12.1 Å². The van der Waals surface area contributed by atoms with Crippen molar-refractivity contribution in [3.8, 4) is 0 Å². The fourth-order valence-electron chi connectivity index (χ4n) is 3.31. The van der Waals surface area contributed by atoms with Crippen molar-refractivity contribution in [2.75, 3.05) is 10.6 Å². The van der Waals surface area contributed by atoms with E-state index in [-0.39, 0.29) is 0 Å². The number of hydrogen-bond donors (Lipinski definition) is 2. The van der Waals surface area contributed by atoms with Crippen molar-refractivity contribution in [1.29, 1.82) is 0 Å². The summed E-state index contributed by atoms with van der Waals surface area (Å²) in [5, 5.41) is 6.50. The van der Waals surface area contributed by atoms with Gasteiger partial charge in [-0.1, -0.05) is 48.5 Å². The molecule has 2 atom stereocenters. The maximum atomic E-state index is 13.3. The maximum Gasteiger partial charge on any atom is 0.416 e. The minimum Gasteiger partial charge on any atom is -0.458 e. The first kappa shape index (κ1) is 24.2. The zero-order chi connectivity index (χ0) is 24.1. The van der Waals surface area contributed by atoms with Gasteiger partial charge in [-0.05, 0) is 62.7 Å². The second-order valence-electron chi connectivity index (χ2n) is 8.63. The number of esters is 1. The number of rotatable bonds is 7. The lowest BCUT2D eigenvalue weighted by Crippen LogP contribution is -2.43. The van der Waals surface area contributed by atoms with E-state index in [0.717, 1.165) is 12.1 Å². The van der Waals surface area contributed by atoms with Crippen molar-refractivity contribution in [2.24, 2.45) is 0 Å². The van der Waals surface area contributed by atoms with Crippen LogP contribution in [0, 0.1) is 0 Å². The Kier molecular flexibility index (Phi) is 7.31. The minimum absolute atomic E-state index is 0.506. The van der Waals surface area contributed by atoms with Gasteiger partial charge in [0.1, 0.15) is 11.6 Å². The van der Waals surface area contributed by atoms with E-state index >= 15 is 0 Å². The van der Waals surface area contributed by atoms with Gasteiger partial charge in [0.2, 0.25) is 0 Å². The summed E-state index contributed by atoms with van der Waals surface area (Å²) in [7, 11) is 0. The molecule has 0 aliphatic carbocycles. The number of carbonyl (C=O) groups is 1. The smallest absolute Gasteiger partial charge is 0.416 e. The number of anilines is 2. The van der Waals surface area contributed by atoms with Crippen molar-refractivity contribution in [1.82, 2.24) is 0 Å². The Morgan fingerprint density at radius 3 is 1.70 bits per heavy atom. The van der Waals surface area contributed by atoms with E-state index in [4.69, 9.17) is 4.74 Å². The molecule has 0 aliphatic rings. The van der Waals surface area contributed by atoms with Gasteiger partial charge in [-0.15, -0.1) is 0 Å². The summed E-state index contributed by atoms with van der Waals surface area (Å²) in [4.78, 5) is 13.3. The summed E-state index contributed by atoms with van der Waals surface area (Å²) in [5.74, 6) is -0.528. The van der Waals surface area contributed by atoms with Crippen LogP contribution in [0.3, 0.4) is 0 Å². The SMILES string of the molecule is CC(C)(C)OC(=O)[C@@H](Nc1ccccc1)[C@@H](Nc1ccccc1)c1ccc(C(F)(F)F)cc1. The lowest BCUT2D eigenvalue weighted by molar-refractivity contribution is -0.156. The first-order chi connectivity index (χ1) is 15.5. The molecule has 7 heteroatoms. The molecule has 0 saturated carbocycles. The molecule has 0 fully saturated rings. The van der Waals surface area contributed by atoms with Gasteiger partial charge in [-0.25, -0.2) is 4.79 Å². The number of ether oxygens (including phenoxy) is 1. The zero-order valence-corrected chi connectivity index (χ0v) is 18.7. The third kappa shape index (κ3) is 7.00. The second kappa shape index (κ2) is 9.98. The third-order valence-electron chi connectivity index (χ3n) is 4.78. The van der Waals surface area contributed by atoms with Crippen LogP contribution in [0.4, 0.5) is 24.5 Å². The summed E-state index contributed by atoms with van der Waals surface area (Å²) in [6.07, 6.45) is -4.45. The molecule has 2 N–H and O–H groups in total. The van der Waals surface area contributed by atoms with E-state index in [1.54, 1.807) is 20.8 Å². The number of halogens is 3. The van der Waals surface area contributed by atoms with Crippen LogP contribution < -0.4 is 10.6 Å². The van der Waals surface area contributed by atoms with Gasteiger partial charge in [-0.2, -0.15) is 13.2 Å². The van der Waals surface area contributed by atoms with Crippen molar-refractivity contribution in [2.45, 2.75) is 44.6 Å². The second-order valence-corrected chi connectivity index (χ2v) is 8.63. The molecule has 3 rings (SSSR count). The zero-order valence-electron chi connectivity index (χ0n) is 18.7. The van der Waals surface area contributed by atoms with E-state index in [9.17, 15) is 18.0 Å². The molecule has 174 valence electrons. The largest absolute Gasteiger partial charge is 0.458 e. The Labute approximate surface area is 191 Å². The number of benzene rings is 3. The van der Waals surface area contributed by atoms with Crippen LogP contribution in [0.5, 0.6) is 0 Å². The van der Waals surface area contributed by atoms with Crippen LogP contribution >= 0.6 is 0 Å². The van der Waals surface area contributed by atoms with Crippen LogP contribution in [-0.4, -0.2) is 17.6 Å². The van der Waals surface area contributed by atoms with Gasteiger partial charge < -0.3 is 15.4 Å². The van der Waals surface area contributed by atoms with Crippen LogP contribution in [0.1, 0.15) is 37.9 Å². The molecule has 3 aromatic rings. The van der Waals surface area contributed by atoms with Gasteiger partial charge in [0.05, 0.1) is 11.6 Å². The molecule has 0 radical (unpaired) electrons. The predicted molar refractivity (Wildman–Crippen MR) is 124 cm³/mol. The van der Waals surface area contributed by atoms with Gasteiger partial charge in [0.25, 0.3) is 0 Å². The highest BCUT2D eigenvalue weighted by atomic mass is 19.4. The number of para-hydroxylation sites is 2. The molecule has 4 nitrogen and oxygen atoms in total. The topological polar surface area (TPSA) is 50.4 Å². The van der Waals surface area contributed by atoms with E-state index in [1.165, 1.54) is 12.1 Å². The average Bonchev–Trinajstić information content (AvgIpc) is 2.76. The highest BCUT2D eigenvalue weighted by Crippen LogP contribution is 2.32. The molecule has 0 unspecified atom stereocenters. The Morgan fingerprint density at radius 2 is 1.24 bits per heavy atom. The Morgan fingerprint density at radius 1 is 0.758 bits per heavy atom. The molecule has 0 saturated heterocycles. The fraction of sp³-hybridized carbons (Fsp3) is 0.269. The third-order valence-corrected chi connectivity index (χ3v) is 4.78. The van der Waals surface area contributed by atoms with E-state index in [1.807, 2.05) is 60.7 Å². The van der Waals surface area contributed by atoms with Crippen molar-refractivity contribution >= 4 is 17.3 Å². The molecular formula is C26H27F3N2O2. The van der Waals surface area contributed by atoms with E-state index in [2.05, 4.69) is 10.6 Å². The Bertz CT molecular complexity index is 1030. The minimum atomic E-state index is -4.45. The van der Waals surface area contributed by atoms with Crippen molar-refractivity contribution in [3.05, 3.63) is 96.1 Å². The van der Waals surface area contributed by atoms with E-state index in [0.29, 0.717) is 16.9 Å². The van der Waals surface area contributed by atoms with Crippen LogP contribution in [0.15, 0.2) is 84.9 Å². The molecule has 0 amide bonds. The summed E-state index contributed by atoms with van der Waals surface area (Å²) in [6, 6.07) is 21.4.